The number of rotatable bonds is 4. The van der Waals surface area contributed by atoms with Crippen molar-refractivity contribution >= 4 is 17.4 Å². The predicted octanol–water partition coefficient (Wildman–Crippen LogP) is 4.33. The van der Waals surface area contributed by atoms with Crippen LogP contribution in [0.2, 0.25) is 5.02 Å². The standard InChI is InChI=1S/C16H15ClO/c1-2-12-4-3-5-14(10-12)16(18)11-13-6-8-15(17)9-7-13/h3-10H,2,11H2,1H3. The van der Waals surface area contributed by atoms with Crippen molar-refractivity contribution in [3.63, 3.8) is 0 Å². The third-order valence-corrected chi connectivity index (χ3v) is 3.19. The minimum Gasteiger partial charge on any atom is -0.294 e. The molecule has 2 heteroatoms. The molecule has 0 aliphatic rings. The first kappa shape index (κ1) is 12.8. The van der Waals surface area contributed by atoms with Crippen LogP contribution in [-0.4, -0.2) is 5.78 Å². The number of ketones is 1. The number of carbonyl (C=O) groups excluding carboxylic acids is 1. The molecule has 0 radical (unpaired) electrons. The zero-order valence-electron chi connectivity index (χ0n) is 10.3. The zero-order chi connectivity index (χ0) is 13.0. The maximum absolute atomic E-state index is 12.1. The van der Waals surface area contributed by atoms with Crippen LogP contribution in [0.1, 0.15) is 28.4 Å². The molecule has 2 aromatic rings. The molecule has 0 bridgehead atoms. The smallest absolute Gasteiger partial charge is 0.167 e. The predicted molar refractivity (Wildman–Crippen MR) is 75.3 cm³/mol. The molecule has 0 heterocycles. The van der Waals surface area contributed by atoms with Crippen LogP contribution in [0.15, 0.2) is 48.5 Å². The van der Waals surface area contributed by atoms with Gasteiger partial charge in [-0.25, -0.2) is 0 Å². The SMILES string of the molecule is CCc1cccc(C(=O)Cc2ccc(Cl)cc2)c1. The molecule has 1 nitrogen and oxygen atoms in total. The molecule has 0 spiro atoms. The van der Waals surface area contributed by atoms with Gasteiger partial charge in [0.15, 0.2) is 5.78 Å². The van der Waals surface area contributed by atoms with E-state index in [0.29, 0.717) is 11.4 Å². The van der Waals surface area contributed by atoms with Crippen molar-refractivity contribution in [2.45, 2.75) is 19.8 Å². The first-order chi connectivity index (χ1) is 8.69. The number of hydrogen-bond donors (Lipinski definition) is 0. The highest BCUT2D eigenvalue weighted by Crippen LogP contribution is 2.13. The molecule has 0 aliphatic heterocycles. The number of aryl methyl sites for hydroxylation is 1. The van der Waals surface area contributed by atoms with Crippen molar-refractivity contribution in [3.05, 3.63) is 70.2 Å². The molecular formula is C16H15ClO. The van der Waals surface area contributed by atoms with E-state index >= 15 is 0 Å². The van der Waals surface area contributed by atoms with E-state index < -0.39 is 0 Å². The van der Waals surface area contributed by atoms with Crippen molar-refractivity contribution in [2.24, 2.45) is 0 Å². The molecule has 0 unspecified atom stereocenters. The lowest BCUT2D eigenvalue weighted by Gasteiger charge is -2.04. The van der Waals surface area contributed by atoms with Gasteiger partial charge in [-0.2, -0.15) is 0 Å². The quantitative estimate of drug-likeness (QED) is 0.746. The van der Waals surface area contributed by atoms with Crippen LogP contribution in [0.3, 0.4) is 0 Å². The summed E-state index contributed by atoms with van der Waals surface area (Å²) in [5.74, 6) is 0.146. The normalized spacial score (nSPS) is 10.3. The summed E-state index contributed by atoms with van der Waals surface area (Å²) in [5.41, 5.74) is 2.97. The highest BCUT2D eigenvalue weighted by Gasteiger charge is 2.07. The van der Waals surface area contributed by atoms with Gasteiger partial charge in [-0.05, 0) is 35.7 Å². The molecule has 0 aromatic heterocycles. The van der Waals surface area contributed by atoms with Gasteiger partial charge in [0.25, 0.3) is 0 Å². The van der Waals surface area contributed by atoms with Gasteiger partial charge in [0.1, 0.15) is 0 Å². The molecule has 0 amide bonds. The van der Waals surface area contributed by atoms with Gasteiger partial charge in [0, 0.05) is 17.0 Å². The van der Waals surface area contributed by atoms with Crippen LogP contribution in [0.4, 0.5) is 0 Å². The Hall–Kier alpha value is -1.60. The molecule has 0 fully saturated rings. The molecule has 92 valence electrons. The van der Waals surface area contributed by atoms with Crippen LogP contribution in [-0.2, 0) is 12.8 Å². The fourth-order valence-corrected chi connectivity index (χ4v) is 1.98. The van der Waals surface area contributed by atoms with Gasteiger partial charge in [0.05, 0.1) is 0 Å². The number of hydrogen-bond acceptors (Lipinski definition) is 1. The summed E-state index contributed by atoms with van der Waals surface area (Å²) in [7, 11) is 0. The maximum Gasteiger partial charge on any atom is 0.167 e. The molecule has 2 aromatic carbocycles. The Balaban J connectivity index is 2.14. The molecule has 2 rings (SSSR count). The van der Waals surface area contributed by atoms with E-state index in [2.05, 4.69) is 6.92 Å². The lowest BCUT2D eigenvalue weighted by atomic mass is 10.0. The number of carbonyl (C=O) groups is 1. The summed E-state index contributed by atoms with van der Waals surface area (Å²) < 4.78 is 0. The van der Waals surface area contributed by atoms with Crippen molar-refractivity contribution in [1.82, 2.24) is 0 Å². The van der Waals surface area contributed by atoms with Gasteiger partial charge in [-0.3, -0.25) is 4.79 Å². The number of Topliss-reactive ketones (excluding diaryl/α,β-unsaturated/α-hetero) is 1. The summed E-state index contributed by atoms with van der Waals surface area (Å²) in [4.78, 5) is 12.1. The summed E-state index contributed by atoms with van der Waals surface area (Å²) in [5, 5.41) is 0.694. The van der Waals surface area contributed by atoms with Crippen molar-refractivity contribution in [1.29, 1.82) is 0 Å². The fraction of sp³-hybridized carbons (Fsp3) is 0.188. The van der Waals surface area contributed by atoms with Gasteiger partial charge in [-0.15, -0.1) is 0 Å². The Kier molecular flexibility index (Phi) is 4.16. The van der Waals surface area contributed by atoms with Crippen LogP contribution in [0.25, 0.3) is 0 Å². The largest absolute Gasteiger partial charge is 0.294 e. The first-order valence-corrected chi connectivity index (χ1v) is 6.43. The first-order valence-electron chi connectivity index (χ1n) is 6.05. The second-order valence-corrected chi connectivity index (χ2v) is 4.72. The van der Waals surface area contributed by atoms with Crippen molar-refractivity contribution < 1.29 is 4.79 Å². The van der Waals surface area contributed by atoms with Gasteiger partial charge in [0.2, 0.25) is 0 Å². The van der Waals surface area contributed by atoms with E-state index in [1.165, 1.54) is 5.56 Å². The summed E-state index contributed by atoms with van der Waals surface area (Å²) >= 11 is 5.82. The van der Waals surface area contributed by atoms with E-state index in [1.54, 1.807) is 0 Å². The average Bonchev–Trinajstić information content (AvgIpc) is 2.41. The highest BCUT2D eigenvalue weighted by atomic mass is 35.5. The summed E-state index contributed by atoms with van der Waals surface area (Å²) in [6.45, 7) is 2.09. The van der Waals surface area contributed by atoms with E-state index in [1.807, 2.05) is 48.5 Å². The Morgan fingerprint density at radius 1 is 1.06 bits per heavy atom. The van der Waals surface area contributed by atoms with Gasteiger partial charge < -0.3 is 0 Å². The fourth-order valence-electron chi connectivity index (χ4n) is 1.85. The maximum atomic E-state index is 12.1. The second-order valence-electron chi connectivity index (χ2n) is 4.28. The van der Waals surface area contributed by atoms with Crippen LogP contribution in [0, 0.1) is 0 Å². The minimum atomic E-state index is 0.146. The van der Waals surface area contributed by atoms with Crippen molar-refractivity contribution in [3.8, 4) is 0 Å². The Labute approximate surface area is 112 Å². The third kappa shape index (κ3) is 3.21. The molecule has 18 heavy (non-hydrogen) atoms. The van der Waals surface area contributed by atoms with E-state index in [0.717, 1.165) is 17.5 Å². The van der Waals surface area contributed by atoms with Gasteiger partial charge in [-0.1, -0.05) is 48.9 Å². The molecule has 0 saturated heterocycles. The van der Waals surface area contributed by atoms with Crippen LogP contribution < -0.4 is 0 Å². The van der Waals surface area contributed by atoms with E-state index in [4.69, 9.17) is 11.6 Å². The summed E-state index contributed by atoms with van der Waals surface area (Å²) in [6.07, 6.45) is 1.37. The Morgan fingerprint density at radius 3 is 2.44 bits per heavy atom. The second kappa shape index (κ2) is 5.83. The van der Waals surface area contributed by atoms with Crippen LogP contribution in [0.5, 0.6) is 0 Å². The highest BCUT2D eigenvalue weighted by molar-refractivity contribution is 6.30. The number of benzene rings is 2. The number of halogens is 1. The Bertz CT molecular complexity index is 543. The van der Waals surface area contributed by atoms with Crippen molar-refractivity contribution in [2.75, 3.05) is 0 Å². The van der Waals surface area contributed by atoms with E-state index in [-0.39, 0.29) is 5.78 Å². The average molecular weight is 259 g/mol. The van der Waals surface area contributed by atoms with Crippen LogP contribution >= 0.6 is 11.6 Å². The van der Waals surface area contributed by atoms with Gasteiger partial charge >= 0.3 is 0 Å². The molecule has 0 atom stereocenters. The molecular weight excluding hydrogens is 244 g/mol. The Morgan fingerprint density at radius 2 is 1.78 bits per heavy atom. The minimum absolute atomic E-state index is 0.146. The zero-order valence-corrected chi connectivity index (χ0v) is 11.1. The third-order valence-electron chi connectivity index (χ3n) is 2.94. The molecule has 0 aliphatic carbocycles. The molecule has 0 N–H and O–H groups in total. The molecule has 0 saturated carbocycles. The lowest BCUT2D eigenvalue weighted by Crippen LogP contribution is -2.03. The monoisotopic (exact) mass is 258 g/mol. The topological polar surface area (TPSA) is 17.1 Å². The van der Waals surface area contributed by atoms with E-state index in [9.17, 15) is 4.79 Å². The summed E-state index contributed by atoms with van der Waals surface area (Å²) in [6, 6.07) is 15.2. The lowest BCUT2D eigenvalue weighted by molar-refractivity contribution is 0.0993.